The summed E-state index contributed by atoms with van der Waals surface area (Å²) in [6, 6.07) is 31.6. The van der Waals surface area contributed by atoms with Crippen molar-refractivity contribution < 1.29 is 24.5 Å². The zero-order chi connectivity index (χ0) is 31.0. The molecule has 1 aromatic heterocycles. The van der Waals surface area contributed by atoms with Crippen LogP contribution in [0.15, 0.2) is 103 Å². The van der Waals surface area contributed by atoms with E-state index in [2.05, 4.69) is 33.5 Å². The number of hydrogen-bond donors (Lipinski definition) is 3. The maximum atomic E-state index is 12.8. The molecule has 2 heterocycles. The summed E-state index contributed by atoms with van der Waals surface area (Å²) in [7, 11) is 0. The van der Waals surface area contributed by atoms with E-state index in [-0.39, 0.29) is 37.0 Å². The molecule has 3 atom stereocenters. The number of aliphatic hydroxyl groups excluding tert-OH is 2. The van der Waals surface area contributed by atoms with Crippen molar-refractivity contribution in [2.45, 2.75) is 38.1 Å². The van der Waals surface area contributed by atoms with Crippen molar-refractivity contribution in [1.82, 2.24) is 15.3 Å². The SMILES string of the molecule is O=C(NCc1cccc(-c2ccc([C@@H]3O[C@H](CSCCO)C[C@H](c4ccc(CO)cc4)O3)cc2)c1)c1cnc2ccccc2n1. The molecule has 230 valence electrons. The van der Waals surface area contributed by atoms with Crippen molar-refractivity contribution in [3.8, 4) is 11.1 Å². The minimum Gasteiger partial charge on any atom is -0.396 e. The third-order valence-corrected chi connectivity index (χ3v) is 8.81. The lowest BCUT2D eigenvalue weighted by Gasteiger charge is -2.36. The largest absolute Gasteiger partial charge is 0.396 e. The highest BCUT2D eigenvalue weighted by atomic mass is 32.2. The second-order valence-electron chi connectivity index (χ2n) is 10.9. The summed E-state index contributed by atoms with van der Waals surface area (Å²) >= 11 is 1.67. The Morgan fingerprint density at radius 2 is 1.62 bits per heavy atom. The first-order chi connectivity index (χ1) is 22.1. The summed E-state index contributed by atoms with van der Waals surface area (Å²) in [4.78, 5) is 21.6. The van der Waals surface area contributed by atoms with Crippen molar-refractivity contribution in [1.29, 1.82) is 0 Å². The number of aliphatic hydroxyl groups is 2. The molecule has 0 saturated carbocycles. The van der Waals surface area contributed by atoms with E-state index in [1.807, 2.05) is 78.9 Å². The van der Waals surface area contributed by atoms with Crippen LogP contribution >= 0.6 is 11.8 Å². The maximum Gasteiger partial charge on any atom is 0.271 e. The summed E-state index contributed by atoms with van der Waals surface area (Å²) in [6.45, 7) is 0.499. The number of nitrogens with one attached hydrogen (secondary N) is 1. The van der Waals surface area contributed by atoms with Crippen LogP contribution in [-0.4, -0.2) is 50.3 Å². The van der Waals surface area contributed by atoms with Crippen molar-refractivity contribution >= 4 is 28.7 Å². The molecule has 1 saturated heterocycles. The Hall–Kier alpha value is -4.12. The van der Waals surface area contributed by atoms with Gasteiger partial charge in [-0.15, -0.1) is 0 Å². The third kappa shape index (κ3) is 7.76. The molecule has 0 bridgehead atoms. The van der Waals surface area contributed by atoms with Crippen molar-refractivity contribution in [3.63, 3.8) is 0 Å². The Morgan fingerprint density at radius 1 is 0.844 bits per heavy atom. The Labute approximate surface area is 266 Å². The van der Waals surface area contributed by atoms with E-state index in [9.17, 15) is 15.0 Å². The molecule has 1 amide bonds. The van der Waals surface area contributed by atoms with Crippen LogP contribution in [-0.2, 0) is 22.6 Å². The quantitative estimate of drug-likeness (QED) is 0.154. The van der Waals surface area contributed by atoms with Crippen molar-refractivity contribution in [2.75, 3.05) is 18.1 Å². The van der Waals surface area contributed by atoms with E-state index in [4.69, 9.17) is 9.47 Å². The molecule has 0 spiro atoms. The first kappa shape index (κ1) is 30.9. The summed E-state index contributed by atoms with van der Waals surface area (Å²) < 4.78 is 12.8. The molecule has 0 aliphatic carbocycles. The molecule has 6 rings (SSSR count). The second kappa shape index (κ2) is 14.8. The molecule has 3 N–H and O–H groups in total. The number of thioether (sulfide) groups is 1. The number of hydrogen-bond acceptors (Lipinski definition) is 8. The van der Waals surface area contributed by atoms with E-state index in [0.717, 1.165) is 44.7 Å². The normalized spacial score (nSPS) is 18.1. The molecule has 9 heteroatoms. The van der Waals surface area contributed by atoms with Crippen LogP contribution in [0.2, 0.25) is 0 Å². The first-order valence-corrected chi connectivity index (χ1v) is 16.1. The van der Waals surface area contributed by atoms with Crippen LogP contribution < -0.4 is 5.32 Å². The predicted molar refractivity (Wildman–Crippen MR) is 175 cm³/mol. The molecule has 0 radical (unpaired) electrons. The second-order valence-corrected chi connectivity index (χ2v) is 12.0. The van der Waals surface area contributed by atoms with Gasteiger partial charge in [0.25, 0.3) is 5.91 Å². The zero-order valence-corrected chi connectivity index (χ0v) is 25.5. The van der Waals surface area contributed by atoms with Crippen LogP contribution in [0, 0.1) is 0 Å². The molecule has 1 fully saturated rings. The molecule has 1 aliphatic heterocycles. The number of ether oxygens (including phenoxy) is 2. The lowest BCUT2D eigenvalue weighted by molar-refractivity contribution is -0.245. The number of carbonyl (C=O) groups excluding carboxylic acids is 1. The Kier molecular flexibility index (Phi) is 10.1. The number of amides is 1. The predicted octanol–water partition coefficient (Wildman–Crippen LogP) is 5.99. The van der Waals surface area contributed by atoms with Crippen LogP contribution in [0.25, 0.3) is 22.2 Å². The Bertz CT molecular complexity index is 1730. The molecule has 45 heavy (non-hydrogen) atoms. The first-order valence-electron chi connectivity index (χ1n) is 15.0. The number of aromatic nitrogens is 2. The summed E-state index contributed by atoms with van der Waals surface area (Å²) in [5.74, 6) is 1.16. The van der Waals surface area contributed by atoms with Gasteiger partial charge in [-0.3, -0.25) is 9.78 Å². The monoisotopic (exact) mass is 621 g/mol. The number of fused-ring (bicyclic) bond motifs is 1. The van der Waals surface area contributed by atoms with E-state index < -0.39 is 6.29 Å². The fourth-order valence-electron chi connectivity index (χ4n) is 5.34. The molecule has 1 aliphatic rings. The number of nitrogens with zero attached hydrogens (tertiary/aromatic N) is 2. The van der Waals surface area contributed by atoms with Gasteiger partial charge < -0.3 is 25.0 Å². The van der Waals surface area contributed by atoms with E-state index in [0.29, 0.717) is 24.2 Å². The molecular weight excluding hydrogens is 586 g/mol. The highest BCUT2D eigenvalue weighted by molar-refractivity contribution is 7.99. The number of para-hydroxylation sites is 2. The van der Waals surface area contributed by atoms with Gasteiger partial charge in [0.05, 0.1) is 42.7 Å². The van der Waals surface area contributed by atoms with Crippen LogP contribution in [0.1, 0.15) is 51.6 Å². The van der Waals surface area contributed by atoms with E-state index >= 15 is 0 Å². The van der Waals surface area contributed by atoms with Crippen molar-refractivity contribution in [2.24, 2.45) is 0 Å². The van der Waals surface area contributed by atoms with Crippen molar-refractivity contribution in [3.05, 3.63) is 131 Å². The molecule has 4 aromatic carbocycles. The van der Waals surface area contributed by atoms with Crippen LogP contribution in [0.4, 0.5) is 0 Å². The molecule has 8 nitrogen and oxygen atoms in total. The molecular formula is C36H35N3O5S. The minimum absolute atomic E-state index is 0.00235. The number of rotatable bonds is 11. The lowest BCUT2D eigenvalue weighted by Crippen LogP contribution is -2.31. The standard InChI is InChI=1S/C36H35N3O5S/c40-16-17-45-23-30-19-34(27-10-8-24(22-41)9-11-27)44-36(43-30)28-14-12-26(13-15-28)29-5-3-4-25(18-29)20-38-35(42)33-21-37-31-6-1-2-7-32(31)39-33/h1-15,18,21,30,34,36,40-41H,16-17,19-20,22-23H2,(H,38,42)/t30-,34+,36+/m0/s1. The van der Waals surface area contributed by atoms with E-state index in [1.54, 1.807) is 11.8 Å². The highest BCUT2D eigenvalue weighted by Crippen LogP contribution is 2.39. The average Bonchev–Trinajstić information content (AvgIpc) is 3.10. The van der Waals surface area contributed by atoms with Crippen LogP contribution in [0.5, 0.6) is 0 Å². The molecule has 0 unspecified atom stereocenters. The fraction of sp³-hybridized carbons (Fsp3) is 0.250. The Balaban J connectivity index is 1.13. The van der Waals surface area contributed by atoms with Gasteiger partial charge in [0.1, 0.15) is 5.69 Å². The summed E-state index contributed by atoms with van der Waals surface area (Å²) in [5.41, 5.74) is 7.58. The smallest absolute Gasteiger partial charge is 0.271 e. The number of carbonyl (C=O) groups is 1. The van der Waals surface area contributed by atoms with Crippen LogP contribution in [0.3, 0.4) is 0 Å². The fourth-order valence-corrected chi connectivity index (χ4v) is 6.11. The van der Waals surface area contributed by atoms with Gasteiger partial charge in [0, 0.05) is 30.0 Å². The van der Waals surface area contributed by atoms with Gasteiger partial charge in [-0.2, -0.15) is 11.8 Å². The topological polar surface area (TPSA) is 114 Å². The zero-order valence-electron chi connectivity index (χ0n) is 24.7. The molecule has 5 aromatic rings. The van der Waals surface area contributed by atoms with Gasteiger partial charge in [0.2, 0.25) is 0 Å². The van der Waals surface area contributed by atoms with E-state index in [1.165, 1.54) is 6.20 Å². The van der Waals surface area contributed by atoms with Gasteiger partial charge in [-0.25, -0.2) is 4.98 Å². The lowest BCUT2D eigenvalue weighted by atomic mass is 9.99. The van der Waals surface area contributed by atoms with Gasteiger partial charge in [-0.05, 0) is 46.0 Å². The maximum absolute atomic E-state index is 12.8. The van der Waals surface area contributed by atoms with Gasteiger partial charge >= 0.3 is 0 Å². The summed E-state index contributed by atoms with van der Waals surface area (Å²) in [6.07, 6.45) is 1.50. The third-order valence-electron chi connectivity index (χ3n) is 7.73. The highest BCUT2D eigenvalue weighted by Gasteiger charge is 2.32. The van der Waals surface area contributed by atoms with Gasteiger partial charge in [0.15, 0.2) is 6.29 Å². The number of benzene rings is 4. The summed E-state index contributed by atoms with van der Waals surface area (Å²) in [5, 5.41) is 21.6. The van der Waals surface area contributed by atoms with Gasteiger partial charge in [-0.1, -0.05) is 78.9 Å². The minimum atomic E-state index is -0.533. The average molecular weight is 622 g/mol. The Morgan fingerprint density at radius 3 is 2.40 bits per heavy atom.